The second kappa shape index (κ2) is 6.97. The third-order valence-electron chi connectivity index (χ3n) is 2.53. The molecule has 0 aromatic heterocycles. The van der Waals surface area contributed by atoms with Crippen LogP contribution in [-0.2, 0) is 0 Å². The van der Waals surface area contributed by atoms with Crippen molar-refractivity contribution in [1.29, 1.82) is 0 Å². The molecular weight excluding hydrogens is 214 g/mol. The molecule has 0 heterocycles. The molecule has 1 unspecified atom stereocenters. The molecule has 1 atom stereocenters. The fraction of sp³-hybridized carbons (Fsp3) is 0.571. The van der Waals surface area contributed by atoms with Crippen molar-refractivity contribution in [1.82, 2.24) is 5.32 Å². The number of hydrogen-bond donors (Lipinski definition) is 1. The first-order chi connectivity index (χ1) is 7.63. The van der Waals surface area contributed by atoms with Crippen LogP contribution >= 0.6 is 11.8 Å². The van der Waals surface area contributed by atoms with Gasteiger partial charge in [0, 0.05) is 11.8 Å². The van der Waals surface area contributed by atoms with Gasteiger partial charge >= 0.3 is 0 Å². The summed E-state index contributed by atoms with van der Waals surface area (Å²) in [6.07, 6.45) is 0. The molecule has 0 bridgehead atoms. The fourth-order valence-corrected chi connectivity index (χ4v) is 2.86. The minimum absolute atomic E-state index is 0.476. The molecule has 1 aromatic rings. The van der Waals surface area contributed by atoms with E-state index < -0.39 is 0 Å². The zero-order chi connectivity index (χ0) is 12.0. The van der Waals surface area contributed by atoms with Crippen molar-refractivity contribution in [2.45, 2.75) is 26.8 Å². The first kappa shape index (κ1) is 13.6. The van der Waals surface area contributed by atoms with Gasteiger partial charge in [-0.1, -0.05) is 43.7 Å². The predicted octanol–water partition coefficient (Wildman–Crippen LogP) is 3.64. The fourth-order valence-electron chi connectivity index (χ4n) is 1.65. The summed E-state index contributed by atoms with van der Waals surface area (Å²) in [5.74, 6) is 3.17. The monoisotopic (exact) mass is 237 g/mol. The Morgan fingerprint density at radius 3 is 2.56 bits per heavy atom. The third-order valence-corrected chi connectivity index (χ3v) is 4.00. The van der Waals surface area contributed by atoms with Gasteiger partial charge < -0.3 is 5.32 Å². The van der Waals surface area contributed by atoms with Gasteiger partial charge in [0.05, 0.1) is 0 Å². The molecule has 1 rings (SSSR count). The maximum atomic E-state index is 3.40. The molecule has 0 radical (unpaired) electrons. The Labute approximate surface area is 104 Å². The van der Waals surface area contributed by atoms with E-state index in [0.29, 0.717) is 6.04 Å². The van der Waals surface area contributed by atoms with Crippen LogP contribution in [0.2, 0.25) is 0 Å². The van der Waals surface area contributed by atoms with Crippen LogP contribution < -0.4 is 5.32 Å². The Balaban J connectivity index is 2.53. The van der Waals surface area contributed by atoms with E-state index >= 15 is 0 Å². The molecule has 0 spiro atoms. The lowest BCUT2D eigenvalue weighted by Gasteiger charge is -2.17. The molecule has 0 saturated heterocycles. The second-order valence-electron chi connectivity index (χ2n) is 4.69. The molecule has 0 fully saturated rings. The Kier molecular flexibility index (Phi) is 5.93. The van der Waals surface area contributed by atoms with Gasteiger partial charge in [-0.25, -0.2) is 0 Å². The second-order valence-corrected chi connectivity index (χ2v) is 5.76. The van der Waals surface area contributed by atoms with E-state index in [1.54, 1.807) is 0 Å². The maximum absolute atomic E-state index is 3.40. The van der Waals surface area contributed by atoms with Crippen molar-refractivity contribution in [3.05, 3.63) is 35.4 Å². The van der Waals surface area contributed by atoms with E-state index in [1.807, 2.05) is 18.8 Å². The first-order valence-electron chi connectivity index (χ1n) is 5.95. The summed E-state index contributed by atoms with van der Waals surface area (Å²) in [6.45, 7) is 6.69. The van der Waals surface area contributed by atoms with Crippen LogP contribution in [-0.4, -0.2) is 18.6 Å². The largest absolute Gasteiger partial charge is 0.312 e. The van der Waals surface area contributed by atoms with E-state index in [-0.39, 0.29) is 0 Å². The molecule has 0 saturated carbocycles. The highest BCUT2D eigenvalue weighted by atomic mass is 32.2. The summed E-state index contributed by atoms with van der Waals surface area (Å²) in [4.78, 5) is 0. The topological polar surface area (TPSA) is 12.0 Å². The Morgan fingerprint density at radius 1 is 1.25 bits per heavy atom. The van der Waals surface area contributed by atoms with Gasteiger partial charge in [0.15, 0.2) is 0 Å². The summed E-state index contributed by atoms with van der Waals surface area (Å²) in [7, 11) is 2.04. The number of benzene rings is 1. The number of rotatable bonds is 6. The van der Waals surface area contributed by atoms with Crippen molar-refractivity contribution in [2.75, 3.05) is 18.6 Å². The normalized spacial score (nSPS) is 13.1. The van der Waals surface area contributed by atoms with Crippen LogP contribution in [0, 0.1) is 12.8 Å². The lowest BCUT2D eigenvalue weighted by molar-refractivity contribution is 0.659. The molecule has 2 heteroatoms. The van der Waals surface area contributed by atoms with Crippen LogP contribution in [0.25, 0.3) is 0 Å². The van der Waals surface area contributed by atoms with Gasteiger partial charge in [-0.3, -0.25) is 0 Å². The number of aryl methyl sites for hydroxylation is 1. The average Bonchev–Trinajstić information content (AvgIpc) is 2.24. The van der Waals surface area contributed by atoms with Crippen molar-refractivity contribution in [2.24, 2.45) is 5.92 Å². The van der Waals surface area contributed by atoms with Crippen molar-refractivity contribution in [3.8, 4) is 0 Å². The summed E-state index contributed by atoms with van der Waals surface area (Å²) in [6, 6.07) is 9.25. The molecular formula is C14H23NS. The van der Waals surface area contributed by atoms with Gasteiger partial charge in [-0.2, -0.15) is 11.8 Å². The van der Waals surface area contributed by atoms with Gasteiger partial charge in [0.2, 0.25) is 0 Å². The standard InChI is InChI=1S/C14H23NS/c1-11(2)9-16-10-14(15-4)13-7-5-6-12(3)8-13/h5-8,11,14-15H,9-10H2,1-4H3. The van der Waals surface area contributed by atoms with Crippen LogP contribution in [0.5, 0.6) is 0 Å². The number of hydrogen-bond acceptors (Lipinski definition) is 2. The number of nitrogens with one attached hydrogen (secondary N) is 1. The van der Waals surface area contributed by atoms with Gasteiger partial charge in [-0.05, 0) is 31.2 Å². The van der Waals surface area contributed by atoms with Crippen LogP contribution in [0.15, 0.2) is 24.3 Å². The van der Waals surface area contributed by atoms with Crippen molar-refractivity contribution < 1.29 is 0 Å². The quantitative estimate of drug-likeness (QED) is 0.810. The Hall–Kier alpha value is -0.470. The lowest BCUT2D eigenvalue weighted by Crippen LogP contribution is -2.19. The SMILES string of the molecule is CNC(CSCC(C)C)c1cccc(C)c1. The van der Waals surface area contributed by atoms with Crippen LogP contribution in [0.4, 0.5) is 0 Å². The van der Waals surface area contributed by atoms with Gasteiger partial charge in [-0.15, -0.1) is 0 Å². The van der Waals surface area contributed by atoms with Crippen molar-refractivity contribution >= 4 is 11.8 Å². The summed E-state index contributed by atoms with van der Waals surface area (Å²) < 4.78 is 0. The molecule has 1 nitrogen and oxygen atoms in total. The van der Waals surface area contributed by atoms with Crippen molar-refractivity contribution in [3.63, 3.8) is 0 Å². The van der Waals surface area contributed by atoms with E-state index in [2.05, 4.69) is 50.4 Å². The average molecular weight is 237 g/mol. The van der Waals surface area contributed by atoms with E-state index in [9.17, 15) is 0 Å². The summed E-state index contributed by atoms with van der Waals surface area (Å²) in [5.41, 5.74) is 2.74. The highest BCUT2D eigenvalue weighted by Crippen LogP contribution is 2.20. The smallest absolute Gasteiger partial charge is 0.0409 e. The number of thioether (sulfide) groups is 1. The Bertz CT molecular complexity index is 309. The first-order valence-corrected chi connectivity index (χ1v) is 7.10. The lowest BCUT2D eigenvalue weighted by atomic mass is 10.1. The van der Waals surface area contributed by atoms with E-state index in [0.717, 1.165) is 11.7 Å². The molecule has 0 amide bonds. The zero-order valence-electron chi connectivity index (χ0n) is 10.8. The minimum atomic E-state index is 0.476. The molecule has 0 aliphatic rings. The third kappa shape index (κ3) is 4.58. The molecule has 1 N–H and O–H groups in total. The molecule has 0 aliphatic carbocycles. The minimum Gasteiger partial charge on any atom is -0.312 e. The van der Waals surface area contributed by atoms with E-state index in [1.165, 1.54) is 16.9 Å². The van der Waals surface area contributed by atoms with Crippen LogP contribution in [0.1, 0.15) is 31.0 Å². The predicted molar refractivity (Wildman–Crippen MR) is 75.1 cm³/mol. The summed E-state index contributed by atoms with van der Waals surface area (Å²) in [5, 5.41) is 3.40. The van der Waals surface area contributed by atoms with Crippen LogP contribution in [0.3, 0.4) is 0 Å². The highest BCUT2D eigenvalue weighted by Gasteiger charge is 2.09. The zero-order valence-corrected chi connectivity index (χ0v) is 11.6. The molecule has 1 aromatic carbocycles. The molecule has 16 heavy (non-hydrogen) atoms. The van der Waals surface area contributed by atoms with E-state index in [4.69, 9.17) is 0 Å². The van der Waals surface area contributed by atoms with Gasteiger partial charge in [0.25, 0.3) is 0 Å². The van der Waals surface area contributed by atoms with Gasteiger partial charge in [0.1, 0.15) is 0 Å². The molecule has 0 aliphatic heterocycles. The summed E-state index contributed by atoms with van der Waals surface area (Å²) >= 11 is 2.03. The maximum Gasteiger partial charge on any atom is 0.0409 e. The molecule has 90 valence electrons. The highest BCUT2D eigenvalue weighted by molar-refractivity contribution is 7.99. The Morgan fingerprint density at radius 2 is 2.00 bits per heavy atom.